The van der Waals surface area contributed by atoms with Gasteiger partial charge in [-0.2, -0.15) is 0 Å². The van der Waals surface area contributed by atoms with E-state index < -0.39 is 0 Å². The molecule has 0 saturated heterocycles. The van der Waals surface area contributed by atoms with Crippen molar-refractivity contribution in [1.29, 1.82) is 0 Å². The fourth-order valence-corrected chi connectivity index (χ4v) is 2.85. The molecule has 0 aliphatic heterocycles. The molecule has 0 heterocycles. The molecule has 2 nitrogen and oxygen atoms in total. The molecule has 0 saturated carbocycles. The molecule has 0 radical (unpaired) electrons. The monoisotopic (exact) mass is 314 g/mol. The quantitative estimate of drug-likeness (QED) is 0.656. The second kappa shape index (κ2) is 7.08. The summed E-state index contributed by atoms with van der Waals surface area (Å²) < 4.78 is 0. The molecule has 23 heavy (non-hydrogen) atoms. The predicted octanol–water partition coefficient (Wildman–Crippen LogP) is 5.69. The van der Waals surface area contributed by atoms with E-state index >= 15 is 0 Å². The molecule has 126 valence electrons. The number of benzene rings is 2. The van der Waals surface area contributed by atoms with E-state index in [4.69, 9.17) is 5.11 Å². The zero-order chi connectivity index (χ0) is 17.8. The van der Waals surface area contributed by atoms with Crippen LogP contribution in [0.5, 0.6) is 11.5 Å². The summed E-state index contributed by atoms with van der Waals surface area (Å²) in [5, 5.41) is 18.7. The van der Waals surface area contributed by atoms with Crippen molar-refractivity contribution in [3.8, 4) is 11.5 Å². The molecule has 2 aromatic carbocycles. The van der Waals surface area contributed by atoms with Crippen molar-refractivity contribution >= 4 is 0 Å². The van der Waals surface area contributed by atoms with Crippen LogP contribution in [0.25, 0.3) is 0 Å². The molecule has 0 aliphatic carbocycles. The molecule has 2 aromatic rings. The Morgan fingerprint density at radius 1 is 0.652 bits per heavy atom. The number of aryl methyl sites for hydroxylation is 1. The Morgan fingerprint density at radius 3 is 1.43 bits per heavy atom. The first kappa shape index (κ1) is 19.1. The lowest BCUT2D eigenvalue weighted by molar-refractivity contribution is 0.434. The SMILES string of the molecule is Cc1ccc(O)c(C(C)(C)C)c1C(C)(C)C.Oc1ccccc1. The predicted molar refractivity (Wildman–Crippen MR) is 98.4 cm³/mol. The van der Waals surface area contributed by atoms with Gasteiger partial charge in [-0.15, -0.1) is 0 Å². The third-order valence-corrected chi connectivity index (χ3v) is 3.65. The highest BCUT2D eigenvalue weighted by Crippen LogP contribution is 2.40. The molecule has 0 bridgehead atoms. The minimum absolute atomic E-state index is 0.0291. The number of para-hydroxylation sites is 1. The van der Waals surface area contributed by atoms with Gasteiger partial charge in [-0.1, -0.05) is 65.8 Å². The van der Waals surface area contributed by atoms with E-state index in [1.54, 1.807) is 24.3 Å². The third-order valence-electron chi connectivity index (χ3n) is 3.65. The van der Waals surface area contributed by atoms with Gasteiger partial charge in [0.1, 0.15) is 11.5 Å². The number of rotatable bonds is 0. The van der Waals surface area contributed by atoms with Crippen molar-refractivity contribution in [1.82, 2.24) is 0 Å². The van der Waals surface area contributed by atoms with Crippen LogP contribution in [-0.2, 0) is 10.8 Å². The summed E-state index contributed by atoms with van der Waals surface area (Å²) >= 11 is 0. The topological polar surface area (TPSA) is 40.5 Å². The third kappa shape index (κ3) is 5.31. The number of phenolic OH excluding ortho intramolecular Hbond substituents is 2. The second-order valence-corrected chi connectivity index (χ2v) is 7.99. The first-order valence-corrected chi connectivity index (χ1v) is 8.02. The zero-order valence-corrected chi connectivity index (χ0v) is 15.4. The number of hydrogen-bond donors (Lipinski definition) is 2. The van der Waals surface area contributed by atoms with E-state index in [9.17, 15) is 5.11 Å². The van der Waals surface area contributed by atoms with Gasteiger partial charge >= 0.3 is 0 Å². The van der Waals surface area contributed by atoms with Gasteiger partial charge in [-0.05, 0) is 47.1 Å². The summed E-state index contributed by atoms with van der Waals surface area (Å²) in [6, 6.07) is 12.5. The van der Waals surface area contributed by atoms with Crippen LogP contribution < -0.4 is 0 Å². The van der Waals surface area contributed by atoms with E-state index in [0.717, 1.165) is 5.56 Å². The second-order valence-electron chi connectivity index (χ2n) is 7.99. The van der Waals surface area contributed by atoms with Crippen LogP contribution in [-0.4, -0.2) is 10.2 Å². The number of phenols is 2. The van der Waals surface area contributed by atoms with E-state index in [0.29, 0.717) is 11.5 Å². The Hall–Kier alpha value is -1.96. The van der Waals surface area contributed by atoms with Gasteiger partial charge in [0.25, 0.3) is 0 Å². The Labute approximate surface area is 140 Å². The highest BCUT2D eigenvalue weighted by atomic mass is 16.3. The maximum absolute atomic E-state index is 10.1. The molecular formula is C21H30O2. The number of hydrogen-bond acceptors (Lipinski definition) is 2. The van der Waals surface area contributed by atoms with E-state index in [2.05, 4.69) is 48.5 Å². The van der Waals surface area contributed by atoms with Gasteiger partial charge in [0.2, 0.25) is 0 Å². The van der Waals surface area contributed by atoms with Crippen molar-refractivity contribution in [3.63, 3.8) is 0 Å². The first-order valence-electron chi connectivity index (χ1n) is 8.02. The molecule has 0 unspecified atom stereocenters. The summed E-state index contributed by atoms with van der Waals surface area (Å²) in [5.74, 6) is 0.741. The minimum Gasteiger partial charge on any atom is -0.508 e. The van der Waals surface area contributed by atoms with Crippen molar-refractivity contribution in [2.45, 2.75) is 59.3 Å². The van der Waals surface area contributed by atoms with Crippen molar-refractivity contribution in [3.05, 3.63) is 59.2 Å². The van der Waals surface area contributed by atoms with Gasteiger partial charge in [0.05, 0.1) is 0 Å². The molecule has 0 atom stereocenters. The molecule has 0 spiro atoms. The maximum atomic E-state index is 10.1. The lowest BCUT2D eigenvalue weighted by atomic mass is 9.73. The molecule has 2 N–H and O–H groups in total. The van der Waals surface area contributed by atoms with Gasteiger partial charge in [0.15, 0.2) is 0 Å². The molecule has 2 rings (SSSR count). The van der Waals surface area contributed by atoms with Crippen molar-refractivity contribution in [2.75, 3.05) is 0 Å². The smallest absolute Gasteiger partial charge is 0.119 e. The molecule has 0 aliphatic rings. The summed E-state index contributed by atoms with van der Waals surface area (Å²) in [6.07, 6.45) is 0. The zero-order valence-electron chi connectivity index (χ0n) is 15.4. The fraction of sp³-hybridized carbons (Fsp3) is 0.429. The molecule has 0 amide bonds. The Morgan fingerprint density at radius 2 is 1.13 bits per heavy atom. The van der Waals surface area contributed by atoms with Crippen LogP contribution in [0.4, 0.5) is 0 Å². The lowest BCUT2D eigenvalue weighted by Gasteiger charge is -2.32. The van der Waals surface area contributed by atoms with E-state index in [-0.39, 0.29) is 10.8 Å². The van der Waals surface area contributed by atoms with Crippen LogP contribution in [0.3, 0.4) is 0 Å². The van der Waals surface area contributed by atoms with Gasteiger partial charge in [-0.25, -0.2) is 0 Å². The van der Waals surface area contributed by atoms with Gasteiger partial charge in [-0.3, -0.25) is 0 Å². The van der Waals surface area contributed by atoms with Gasteiger partial charge < -0.3 is 10.2 Å². The minimum atomic E-state index is -0.0291. The molecule has 0 aromatic heterocycles. The standard InChI is InChI=1S/C15H24O.C6H6O/c1-10-8-9-11(16)13(15(5,6)7)12(10)14(2,3)4;7-6-4-2-1-3-5-6/h8-9,16H,1-7H3;1-5,7H. The van der Waals surface area contributed by atoms with Crippen LogP contribution in [0.2, 0.25) is 0 Å². The average Bonchev–Trinajstić information content (AvgIpc) is 2.40. The normalized spacial score (nSPS) is 11.6. The van der Waals surface area contributed by atoms with Crippen molar-refractivity contribution in [2.24, 2.45) is 0 Å². The van der Waals surface area contributed by atoms with Crippen molar-refractivity contribution < 1.29 is 10.2 Å². The fourth-order valence-electron chi connectivity index (χ4n) is 2.85. The van der Waals surface area contributed by atoms with E-state index in [1.807, 2.05) is 18.2 Å². The largest absolute Gasteiger partial charge is 0.508 e. The van der Waals surface area contributed by atoms with E-state index in [1.165, 1.54) is 11.1 Å². The highest BCUT2D eigenvalue weighted by molar-refractivity contribution is 5.50. The molecule has 0 fully saturated rings. The summed E-state index contributed by atoms with van der Waals surface area (Å²) in [7, 11) is 0. The Kier molecular flexibility index (Phi) is 5.87. The average molecular weight is 314 g/mol. The Balaban J connectivity index is 0.000000313. The maximum Gasteiger partial charge on any atom is 0.119 e. The summed E-state index contributed by atoms with van der Waals surface area (Å²) in [5.41, 5.74) is 3.65. The molecular weight excluding hydrogens is 284 g/mol. The number of aromatic hydroxyl groups is 2. The van der Waals surface area contributed by atoms with Crippen LogP contribution in [0.15, 0.2) is 42.5 Å². The molecule has 2 heteroatoms. The summed E-state index contributed by atoms with van der Waals surface area (Å²) in [6.45, 7) is 15.2. The van der Waals surface area contributed by atoms with Crippen LogP contribution >= 0.6 is 0 Å². The lowest BCUT2D eigenvalue weighted by Crippen LogP contribution is -2.23. The summed E-state index contributed by atoms with van der Waals surface area (Å²) in [4.78, 5) is 0. The Bertz CT molecular complexity index is 590. The first-order chi connectivity index (χ1) is 10.4. The van der Waals surface area contributed by atoms with Crippen LogP contribution in [0, 0.1) is 6.92 Å². The van der Waals surface area contributed by atoms with Gasteiger partial charge in [0, 0.05) is 5.56 Å². The van der Waals surface area contributed by atoms with Crippen LogP contribution in [0.1, 0.15) is 58.2 Å². The highest BCUT2D eigenvalue weighted by Gasteiger charge is 2.29.